The Morgan fingerprint density at radius 3 is 2.27 bits per heavy atom. The van der Waals surface area contributed by atoms with Crippen LogP contribution in [0, 0.1) is 20.8 Å². The van der Waals surface area contributed by atoms with E-state index in [0.717, 1.165) is 5.56 Å². The van der Waals surface area contributed by atoms with Gasteiger partial charge in [0.05, 0.1) is 16.1 Å². The van der Waals surface area contributed by atoms with Crippen molar-refractivity contribution in [1.82, 2.24) is 0 Å². The molecule has 0 spiro atoms. The lowest BCUT2D eigenvalue weighted by Gasteiger charge is -2.13. The molecular weight excluding hydrogens is 302 g/mol. The molecule has 2 aromatic rings. The van der Waals surface area contributed by atoms with E-state index in [4.69, 9.17) is 5.11 Å². The van der Waals surface area contributed by atoms with Crippen molar-refractivity contribution in [2.45, 2.75) is 25.7 Å². The fraction of sp³-hybridized carbons (Fsp3) is 0.188. The molecule has 0 heterocycles. The maximum atomic E-state index is 12.5. The predicted octanol–water partition coefficient (Wildman–Crippen LogP) is 3.11. The Balaban J connectivity index is 2.47. The van der Waals surface area contributed by atoms with Crippen LogP contribution in [-0.4, -0.2) is 19.5 Å². The van der Waals surface area contributed by atoms with Crippen LogP contribution < -0.4 is 4.72 Å². The Labute approximate surface area is 129 Å². The molecule has 2 N–H and O–H groups in total. The van der Waals surface area contributed by atoms with E-state index < -0.39 is 16.0 Å². The summed E-state index contributed by atoms with van der Waals surface area (Å²) in [6.07, 6.45) is 0. The van der Waals surface area contributed by atoms with Gasteiger partial charge in [-0.15, -0.1) is 0 Å². The molecule has 22 heavy (non-hydrogen) atoms. The Kier molecular flexibility index (Phi) is 4.23. The molecule has 0 radical (unpaired) electrons. The summed E-state index contributed by atoms with van der Waals surface area (Å²) in [7, 11) is -3.77. The molecule has 0 aromatic heterocycles. The lowest BCUT2D eigenvalue weighted by atomic mass is 10.1. The normalized spacial score (nSPS) is 11.2. The Morgan fingerprint density at radius 1 is 1.00 bits per heavy atom. The predicted molar refractivity (Wildman–Crippen MR) is 84.9 cm³/mol. The average Bonchev–Trinajstić information content (AvgIpc) is 2.43. The monoisotopic (exact) mass is 319 g/mol. The third-order valence-electron chi connectivity index (χ3n) is 3.36. The van der Waals surface area contributed by atoms with Crippen LogP contribution >= 0.6 is 0 Å². The minimum Gasteiger partial charge on any atom is -0.478 e. The third-order valence-corrected chi connectivity index (χ3v) is 4.87. The number of rotatable bonds is 4. The molecule has 0 aliphatic rings. The first-order chi connectivity index (χ1) is 10.2. The SMILES string of the molecule is Cc1ccc(C)c(S(=O)(=O)Nc2cc(C(=O)O)ccc2C)c1. The van der Waals surface area contributed by atoms with Gasteiger partial charge in [0, 0.05) is 0 Å². The highest BCUT2D eigenvalue weighted by Gasteiger charge is 2.18. The van der Waals surface area contributed by atoms with Crippen LogP contribution in [0.2, 0.25) is 0 Å². The molecule has 116 valence electrons. The van der Waals surface area contributed by atoms with E-state index in [1.54, 1.807) is 32.0 Å². The second-order valence-corrected chi connectivity index (χ2v) is 6.86. The fourth-order valence-corrected chi connectivity index (χ4v) is 3.51. The van der Waals surface area contributed by atoms with Gasteiger partial charge in [-0.05, 0) is 55.7 Å². The van der Waals surface area contributed by atoms with E-state index in [0.29, 0.717) is 11.1 Å². The highest BCUT2D eigenvalue weighted by molar-refractivity contribution is 7.92. The van der Waals surface area contributed by atoms with Crippen molar-refractivity contribution in [1.29, 1.82) is 0 Å². The fourth-order valence-electron chi connectivity index (χ4n) is 2.06. The van der Waals surface area contributed by atoms with E-state index in [9.17, 15) is 13.2 Å². The zero-order valence-corrected chi connectivity index (χ0v) is 13.4. The molecule has 2 rings (SSSR count). The van der Waals surface area contributed by atoms with Crippen molar-refractivity contribution in [3.05, 3.63) is 58.7 Å². The smallest absolute Gasteiger partial charge is 0.335 e. The van der Waals surface area contributed by atoms with Crippen LogP contribution in [0.3, 0.4) is 0 Å². The van der Waals surface area contributed by atoms with Crippen molar-refractivity contribution in [3.8, 4) is 0 Å². The van der Waals surface area contributed by atoms with Crippen LogP contribution in [0.4, 0.5) is 5.69 Å². The van der Waals surface area contributed by atoms with E-state index in [-0.39, 0.29) is 16.1 Å². The first kappa shape index (κ1) is 16.0. The Bertz CT molecular complexity index is 841. The molecule has 0 saturated carbocycles. The van der Waals surface area contributed by atoms with E-state index in [2.05, 4.69) is 4.72 Å². The van der Waals surface area contributed by atoms with E-state index in [1.165, 1.54) is 12.1 Å². The van der Waals surface area contributed by atoms with Crippen LogP contribution in [0.1, 0.15) is 27.0 Å². The zero-order chi connectivity index (χ0) is 16.5. The molecule has 0 atom stereocenters. The largest absolute Gasteiger partial charge is 0.478 e. The molecule has 0 aliphatic heterocycles. The quantitative estimate of drug-likeness (QED) is 0.907. The topological polar surface area (TPSA) is 83.5 Å². The average molecular weight is 319 g/mol. The van der Waals surface area contributed by atoms with Gasteiger partial charge < -0.3 is 5.11 Å². The van der Waals surface area contributed by atoms with Crippen LogP contribution in [0.25, 0.3) is 0 Å². The number of aromatic carboxylic acids is 1. The summed E-state index contributed by atoms with van der Waals surface area (Å²) in [6.45, 7) is 5.25. The summed E-state index contributed by atoms with van der Waals surface area (Å²) in [5, 5.41) is 9.02. The standard InChI is InChI=1S/C16H17NO4S/c1-10-4-5-12(3)15(8-10)22(20,21)17-14-9-13(16(18)19)7-6-11(14)2/h4-9,17H,1-3H3,(H,18,19). The minimum atomic E-state index is -3.77. The van der Waals surface area contributed by atoms with Crippen LogP contribution in [-0.2, 0) is 10.0 Å². The maximum Gasteiger partial charge on any atom is 0.335 e. The van der Waals surface area contributed by atoms with Gasteiger partial charge in [0.2, 0.25) is 0 Å². The second-order valence-electron chi connectivity index (χ2n) is 5.21. The van der Waals surface area contributed by atoms with Crippen molar-refractivity contribution >= 4 is 21.7 Å². The van der Waals surface area contributed by atoms with Crippen molar-refractivity contribution in [2.24, 2.45) is 0 Å². The number of nitrogens with one attached hydrogen (secondary N) is 1. The van der Waals surface area contributed by atoms with Crippen molar-refractivity contribution < 1.29 is 18.3 Å². The molecule has 0 amide bonds. The Morgan fingerprint density at radius 2 is 1.64 bits per heavy atom. The molecule has 0 unspecified atom stereocenters. The maximum absolute atomic E-state index is 12.5. The minimum absolute atomic E-state index is 0.0317. The lowest BCUT2D eigenvalue weighted by molar-refractivity contribution is 0.0697. The van der Waals surface area contributed by atoms with Gasteiger partial charge in [-0.3, -0.25) is 4.72 Å². The van der Waals surface area contributed by atoms with Crippen LogP contribution in [0.15, 0.2) is 41.3 Å². The molecule has 0 saturated heterocycles. The summed E-state index contributed by atoms with van der Waals surface area (Å²) < 4.78 is 27.6. The highest BCUT2D eigenvalue weighted by Crippen LogP contribution is 2.23. The van der Waals surface area contributed by atoms with Crippen LogP contribution in [0.5, 0.6) is 0 Å². The molecule has 0 bridgehead atoms. The summed E-state index contributed by atoms with van der Waals surface area (Å²) in [4.78, 5) is 11.2. The number of anilines is 1. The second kappa shape index (κ2) is 5.81. The highest BCUT2D eigenvalue weighted by atomic mass is 32.2. The molecular formula is C16H17NO4S. The summed E-state index contributed by atoms with van der Waals surface area (Å²) in [6, 6.07) is 9.50. The zero-order valence-electron chi connectivity index (χ0n) is 12.5. The Hall–Kier alpha value is -2.34. The van der Waals surface area contributed by atoms with Crippen molar-refractivity contribution in [3.63, 3.8) is 0 Å². The number of sulfonamides is 1. The number of hydrogen-bond acceptors (Lipinski definition) is 3. The first-order valence-corrected chi connectivity index (χ1v) is 8.13. The molecule has 0 fully saturated rings. The number of carboxylic acids is 1. The van der Waals surface area contributed by atoms with Gasteiger partial charge in [-0.2, -0.15) is 0 Å². The molecule has 6 heteroatoms. The van der Waals surface area contributed by atoms with Gasteiger partial charge >= 0.3 is 5.97 Å². The van der Waals surface area contributed by atoms with Crippen molar-refractivity contribution in [2.75, 3.05) is 4.72 Å². The van der Waals surface area contributed by atoms with E-state index in [1.807, 2.05) is 13.0 Å². The lowest BCUT2D eigenvalue weighted by Crippen LogP contribution is -2.15. The summed E-state index contributed by atoms with van der Waals surface area (Å²) >= 11 is 0. The summed E-state index contributed by atoms with van der Waals surface area (Å²) in [5.41, 5.74) is 2.41. The van der Waals surface area contributed by atoms with Gasteiger partial charge in [0.25, 0.3) is 10.0 Å². The number of aryl methyl sites for hydroxylation is 3. The number of benzene rings is 2. The molecule has 2 aromatic carbocycles. The van der Waals surface area contributed by atoms with Gasteiger partial charge in [0.15, 0.2) is 0 Å². The molecule has 5 nitrogen and oxygen atoms in total. The number of carboxylic acid groups (broad SMARTS) is 1. The molecule has 0 aliphatic carbocycles. The third kappa shape index (κ3) is 3.28. The number of carbonyl (C=O) groups is 1. The van der Waals surface area contributed by atoms with Gasteiger partial charge in [0.1, 0.15) is 0 Å². The summed E-state index contributed by atoms with van der Waals surface area (Å²) in [5.74, 6) is -1.10. The first-order valence-electron chi connectivity index (χ1n) is 6.65. The van der Waals surface area contributed by atoms with E-state index >= 15 is 0 Å². The van der Waals surface area contributed by atoms with Gasteiger partial charge in [-0.1, -0.05) is 18.2 Å². The van der Waals surface area contributed by atoms with Gasteiger partial charge in [-0.25, -0.2) is 13.2 Å². The number of hydrogen-bond donors (Lipinski definition) is 2.